The molecule has 0 aliphatic carbocycles. The molecule has 3 aromatic rings. The first-order valence-electron chi connectivity index (χ1n) is 9.16. The summed E-state index contributed by atoms with van der Waals surface area (Å²) in [6.07, 6.45) is 1.43. The first kappa shape index (κ1) is 21.4. The molecule has 0 fully saturated rings. The van der Waals surface area contributed by atoms with Crippen molar-refractivity contribution in [2.45, 2.75) is 13.2 Å². The number of carbonyl (C=O) groups excluding carboxylic acids is 1. The van der Waals surface area contributed by atoms with Gasteiger partial charge in [-0.05, 0) is 29.3 Å². The molecule has 150 valence electrons. The maximum Gasteiger partial charge on any atom is 0.262 e. The highest BCUT2D eigenvalue weighted by Crippen LogP contribution is 2.34. The molecule has 0 bridgehead atoms. The van der Waals surface area contributed by atoms with Gasteiger partial charge in [-0.2, -0.15) is 5.26 Å². The molecule has 4 nitrogen and oxygen atoms in total. The fraction of sp³-hybridized carbons (Fsp3) is 0.0833. The molecule has 0 aliphatic heterocycles. The Morgan fingerprint density at radius 2 is 1.63 bits per heavy atom. The summed E-state index contributed by atoms with van der Waals surface area (Å²) < 4.78 is 5.89. The quantitative estimate of drug-likeness (QED) is 0.376. The zero-order valence-corrected chi connectivity index (χ0v) is 17.5. The number of benzene rings is 3. The number of amides is 1. The maximum atomic E-state index is 12.5. The van der Waals surface area contributed by atoms with Crippen LogP contribution in [-0.2, 0) is 17.9 Å². The van der Waals surface area contributed by atoms with E-state index in [1.807, 2.05) is 66.7 Å². The molecule has 0 aliphatic rings. The number of nitrogens with one attached hydrogen (secondary N) is 1. The van der Waals surface area contributed by atoms with E-state index in [1.165, 1.54) is 6.08 Å². The molecule has 1 N–H and O–H groups in total. The molecule has 3 rings (SSSR count). The van der Waals surface area contributed by atoms with Crippen LogP contribution in [0.3, 0.4) is 0 Å². The highest BCUT2D eigenvalue weighted by atomic mass is 35.5. The number of hydrogen-bond donors (Lipinski definition) is 1. The van der Waals surface area contributed by atoms with Crippen LogP contribution in [0.25, 0.3) is 6.08 Å². The Kier molecular flexibility index (Phi) is 7.51. The van der Waals surface area contributed by atoms with E-state index in [2.05, 4.69) is 5.32 Å². The lowest BCUT2D eigenvalue weighted by molar-refractivity contribution is -0.117. The largest absolute Gasteiger partial charge is 0.487 e. The Labute approximate surface area is 185 Å². The molecule has 30 heavy (non-hydrogen) atoms. The third-order valence-electron chi connectivity index (χ3n) is 4.22. The third kappa shape index (κ3) is 5.87. The van der Waals surface area contributed by atoms with Gasteiger partial charge in [-0.15, -0.1) is 0 Å². The van der Waals surface area contributed by atoms with E-state index < -0.39 is 5.91 Å². The number of nitriles is 1. The minimum atomic E-state index is -0.494. The van der Waals surface area contributed by atoms with Gasteiger partial charge in [0.1, 0.15) is 24.0 Å². The molecule has 0 heterocycles. The molecule has 6 heteroatoms. The number of ether oxygens (including phenoxy) is 1. The molecule has 0 spiro atoms. The average molecular weight is 437 g/mol. The van der Waals surface area contributed by atoms with E-state index in [4.69, 9.17) is 27.9 Å². The van der Waals surface area contributed by atoms with Crippen LogP contribution in [0.1, 0.15) is 16.7 Å². The van der Waals surface area contributed by atoms with Gasteiger partial charge in [0.05, 0.1) is 5.02 Å². The molecule has 0 unspecified atom stereocenters. The van der Waals surface area contributed by atoms with E-state index in [9.17, 15) is 10.1 Å². The van der Waals surface area contributed by atoms with Gasteiger partial charge in [-0.1, -0.05) is 83.9 Å². The molecule has 0 saturated heterocycles. The van der Waals surface area contributed by atoms with Gasteiger partial charge in [-0.25, -0.2) is 0 Å². The third-order valence-corrected chi connectivity index (χ3v) is 4.72. The van der Waals surface area contributed by atoms with Crippen molar-refractivity contribution in [1.29, 1.82) is 5.26 Å². The number of rotatable bonds is 7. The van der Waals surface area contributed by atoms with Crippen LogP contribution in [0, 0.1) is 11.3 Å². The van der Waals surface area contributed by atoms with Gasteiger partial charge in [0, 0.05) is 17.1 Å². The number of carbonyl (C=O) groups is 1. The fourth-order valence-electron chi connectivity index (χ4n) is 2.75. The summed E-state index contributed by atoms with van der Waals surface area (Å²) in [6.45, 7) is 0.595. The Bertz CT molecular complexity index is 1090. The summed E-state index contributed by atoms with van der Waals surface area (Å²) in [7, 11) is 0. The Balaban J connectivity index is 1.82. The van der Waals surface area contributed by atoms with E-state index >= 15 is 0 Å². The Morgan fingerprint density at radius 1 is 1.00 bits per heavy atom. The second kappa shape index (κ2) is 10.5. The second-order valence-corrected chi connectivity index (χ2v) is 7.26. The zero-order chi connectivity index (χ0) is 21.3. The predicted molar refractivity (Wildman–Crippen MR) is 119 cm³/mol. The molecular weight excluding hydrogens is 419 g/mol. The van der Waals surface area contributed by atoms with E-state index in [-0.39, 0.29) is 12.2 Å². The van der Waals surface area contributed by atoms with Crippen molar-refractivity contribution in [3.63, 3.8) is 0 Å². The van der Waals surface area contributed by atoms with Gasteiger partial charge in [0.25, 0.3) is 5.91 Å². The minimum absolute atomic E-state index is 0.0752. The van der Waals surface area contributed by atoms with Crippen molar-refractivity contribution in [2.75, 3.05) is 0 Å². The average Bonchev–Trinajstić information content (AvgIpc) is 2.76. The van der Waals surface area contributed by atoms with Crippen LogP contribution in [-0.4, -0.2) is 5.91 Å². The van der Waals surface area contributed by atoms with Crippen molar-refractivity contribution < 1.29 is 9.53 Å². The first-order valence-corrected chi connectivity index (χ1v) is 9.92. The minimum Gasteiger partial charge on any atom is -0.487 e. The highest BCUT2D eigenvalue weighted by molar-refractivity contribution is 6.36. The van der Waals surface area contributed by atoms with Crippen LogP contribution in [0.2, 0.25) is 10.0 Å². The predicted octanol–water partition coefficient (Wildman–Crippen LogP) is 5.80. The van der Waals surface area contributed by atoms with Crippen molar-refractivity contribution >= 4 is 35.2 Å². The Hall–Kier alpha value is -3.26. The van der Waals surface area contributed by atoms with Crippen molar-refractivity contribution in [3.8, 4) is 11.8 Å². The topological polar surface area (TPSA) is 62.1 Å². The normalized spacial score (nSPS) is 10.9. The zero-order valence-electron chi connectivity index (χ0n) is 15.9. The van der Waals surface area contributed by atoms with Crippen molar-refractivity contribution in [2.24, 2.45) is 0 Å². The van der Waals surface area contributed by atoms with Crippen molar-refractivity contribution in [3.05, 3.63) is 105 Å². The summed E-state index contributed by atoms with van der Waals surface area (Å²) >= 11 is 12.5. The lowest BCUT2D eigenvalue weighted by atomic mass is 10.1. The molecule has 1 amide bonds. The lowest BCUT2D eigenvalue weighted by Gasteiger charge is -2.12. The maximum absolute atomic E-state index is 12.5. The van der Waals surface area contributed by atoms with Gasteiger partial charge in [-0.3, -0.25) is 4.79 Å². The molecule has 0 aromatic heterocycles. The SMILES string of the molecule is N#C/C(=C\c1cc(Cl)cc(Cl)c1OCc1ccccc1)C(=O)NCc1ccccc1. The second-order valence-electron chi connectivity index (χ2n) is 6.42. The molecule has 0 saturated carbocycles. The number of hydrogen-bond acceptors (Lipinski definition) is 3. The smallest absolute Gasteiger partial charge is 0.262 e. The van der Waals surface area contributed by atoms with E-state index in [0.717, 1.165) is 11.1 Å². The summed E-state index contributed by atoms with van der Waals surface area (Å²) in [4.78, 5) is 12.5. The molecule has 0 atom stereocenters. The fourth-order valence-corrected chi connectivity index (χ4v) is 3.31. The lowest BCUT2D eigenvalue weighted by Crippen LogP contribution is -2.23. The van der Waals surface area contributed by atoms with Crippen LogP contribution in [0.5, 0.6) is 5.75 Å². The molecule has 3 aromatic carbocycles. The Morgan fingerprint density at radius 3 is 2.27 bits per heavy atom. The van der Waals surface area contributed by atoms with Gasteiger partial charge in [0.15, 0.2) is 0 Å². The van der Waals surface area contributed by atoms with Gasteiger partial charge >= 0.3 is 0 Å². The van der Waals surface area contributed by atoms with Gasteiger partial charge < -0.3 is 10.1 Å². The standard InChI is InChI=1S/C24H18Cl2N2O2/c25-21-12-19(23(22(26)13-21)30-16-18-9-5-2-6-10-18)11-20(14-27)24(29)28-15-17-7-3-1-4-8-17/h1-13H,15-16H2,(H,28,29)/b20-11+. The summed E-state index contributed by atoms with van der Waals surface area (Å²) in [5.74, 6) is -0.139. The number of nitrogens with zero attached hydrogens (tertiary/aromatic N) is 1. The monoisotopic (exact) mass is 436 g/mol. The summed E-state index contributed by atoms with van der Waals surface area (Å²) in [5, 5.41) is 12.9. The summed E-state index contributed by atoms with van der Waals surface area (Å²) in [6, 6.07) is 24.1. The van der Waals surface area contributed by atoms with Crippen LogP contribution < -0.4 is 10.1 Å². The highest BCUT2D eigenvalue weighted by Gasteiger charge is 2.14. The van der Waals surface area contributed by atoms with Gasteiger partial charge in [0.2, 0.25) is 0 Å². The van der Waals surface area contributed by atoms with Crippen LogP contribution in [0.4, 0.5) is 0 Å². The van der Waals surface area contributed by atoms with E-state index in [1.54, 1.807) is 12.1 Å². The van der Waals surface area contributed by atoms with Crippen molar-refractivity contribution in [1.82, 2.24) is 5.32 Å². The molecular formula is C24H18Cl2N2O2. The number of halogens is 2. The van der Waals surface area contributed by atoms with Crippen LogP contribution >= 0.6 is 23.2 Å². The molecule has 0 radical (unpaired) electrons. The first-order chi connectivity index (χ1) is 14.6. The van der Waals surface area contributed by atoms with Crippen LogP contribution in [0.15, 0.2) is 78.4 Å². The van der Waals surface area contributed by atoms with E-state index in [0.29, 0.717) is 27.9 Å². The summed E-state index contributed by atoms with van der Waals surface area (Å²) in [5.41, 5.74) is 2.27.